The van der Waals surface area contributed by atoms with Gasteiger partial charge in [-0.25, -0.2) is 0 Å². The number of nitrogens with zero attached hydrogens (tertiary/aromatic N) is 1. The summed E-state index contributed by atoms with van der Waals surface area (Å²) in [5.74, 6) is 0.745. The molecule has 30 heavy (non-hydrogen) atoms. The molecule has 0 spiro atoms. The molecule has 170 valence electrons. The van der Waals surface area contributed by atoms with E-state index in [2.05, 4.69) is 24.1 Å². The molecule has 0 saturated carbocycles. The number of hydrogen-bond donors (Lipinski definition) is 1. The quantitative estimate of drug-likeness (QED) is 0.449. The number of hydrogen-bond acceptors (Lipinski definition) is 5. The molecule has 1 aliphatic rings. The molecule has 0 aromatic heterocycles. The molecule has 1 amide bonds. The standard InChI is InChI=1S/C24H40N2O4/c1-4-6-7-13-24(3,30-17-5-2)23(27)25-21-9-11-22(12-10-21)29-18-8-14-26-15-19-28-20-16-26/h9-12H,4-8,13-20H2,1-3H3,(H,25,27)/t24-/m0/s1. The van der Waals surface area contributed by atoms with Gasteiger partial charge < -0.3 is 19.5 Å². The molecular weight excluding hydrogens is 380 g/mol. The van der Waals surface area contributed by atoms with E-state index in [1.807, 2.05) is 31.2 Å². The summed E-state index contributed by atoms with van der Waals surface area (Å²) in [6.07, 6.45) is 5.84. The van der Waals surface area contributed by atoms with Crippen LogP contribution in [0.5, 0.6) is 5.75 Å². The highest BCUT2D eigenvalue weighted by atomic mass is 16.5. The predicted molar refractivity (Wildman–Crippen MR) is 121 cm³/mol. The first-order valence-corrected chi connectivity index (χ1v) is 11.6. The second-order valence-corrected chi connectivity index (χ2v) is 8.17. The minimum Gasteiger partial charge on any atom is -0.494 e. The minimum absolute atomic E-state index is 0.0776. The van der Waals surface area contributed by atoms with E-state index in [1.165, 1.54) is 0 Å². The van der Waals surface area contributed by atoms with E-state index < -0.39 is 5.60 Å². The summed E-state index contributed by atoms with van der Waals surface area (Å²) in [6.45, 7) is 12.1. The second kappa shape index (κ2) is 13.6. The third-order valence-corrected chi connectivity index (χ3v) is 5.47. The van der Waals surface area contributed by atoms with Crippen LogP contribution in [0.1, 0.15) is 59.3 Å². The smallest absolute Gasteiger partial charge is 0.256 e. The van der Waals surface area contributed by atoms with Gasteiger partial charge in [0, 0.05) is 31.9 Å². The lowest BCUT2D eigenvalue weighted by Crippen LogP contribution is -2.43. The Hall–Kier alpha value is -1.63. The Bertz CT molecular complexity index is 602. The second-order valence-electron chi connectivity index (χ2n) is 8.17. The molecule has 6 nitrogen and oxygen atoms in total. The fourth-order valence-corrected chi connectivity index (χ4v) is 3.49. The van der Waals surface area contributed by atoms with Gasteiger partial charge in [0.1, 0.15) is 11.4 Å². The van der Waals surface area contributed by atoms with Gasteiger partial charge in [0.2, 0.25) is 0 Å². The lowest BCUT2D eigenvalue weighted by molar-refractivity contribution is -0.140. The maximum atomic E-state index is 12.9. The summed E-state index contributed by atoms with van der Waals surface area (Å²) >= 11 is 0. The molecule has 1 fully saturated rings. The molecule has 1 aromatic rings. The summed E-state index contributed by atoms with van der Waals surface area (Å²) in [6, 6.07) is 7.60. The van der Waals surface area contributed by atoms with Crippen LogP contribution in [-0.2, 0) is 14.3 Å². The van der Waals surface area contributed by atoms with Crippen LogP contribution in [0.3, 0.4) is 0 Å². The van der Waals surface area contributed by atoms with Crippen LogP contribution in [-0.4, -0.2) is 62.5 Å². The Balaban J connectivity index is 1.78. The molecule has 1 aliphatic heterocycles. The highest BCUT2D eigenvalue weighted by Gasteiger charge is 2.33. The fraction of sp³-hybridized carbons (Fsp3) is 0.708. The molecule has 1 atom stereocenters. The number of rotatable bonds is 14. The van der Waals surface area contributed by atoms with Gasteiger partial charge >= 0.3 is 0 Å². The first-order valence-electron chi connectivity index (χ1n) is 11.6. The topological polar surface area (TPSA) is 60.0 Å². The van der Waals surface area contributed by atoms with Crippen molar-refractivity contribution < 1.29 is 19.0 Å². The Morgan fingerprint density at radius 2 is 1.80 bits per heavy atom. The van der Waals surface area contributed by atoms with Crippen molar-refractivity contribution in [3.63, 3.8) is 0 Å². The Labute approximate surface area is 182 Å². The molecule has 1 heterocycles. The molecule has 0 radical (unpaired) electrons. The number of morpholine rings is 1. The van der Waals surface area contributed by atoms with Gasteiger partial charge in [0.05, 0.1) is 19.8 Å². The average molecular weight is 421 g/mol. The molecule has 0 bridgehead atoms. The number of carbonyl (C=O) groups excluding carboxylic acids is 1. The van der Waals surface area contributed by atoms with Gasteiger partial charge in [-0.2, -0.15) is 0 Å². The molecule has 1 N–H and O–H groups in total. The monoisotopic (exact) mass is 420 g/mol. The van der Waals surface area contributed by atoms with E-state index in [4.69, 9.17) is 14.2 Å². The molecular formula is C24H40N2O4. The zero-order chi connectivity index (χ0) is 21.7. The zero-order valence-corrected chi connectivity index (χ0v) is 19.1. The fourth-order valence-electron chi connectivity index (χ4n) is 3.49. The molecule has 0 aliphatic carbocycles. The molecule has 6 heteroatoms. The SMILES string of the molecule is CCCCC[C@](C)(OCCC)C(=O)Nc1ccc(OCCCN2CCOCC2)cc1. The van der Waals surface area contributed by atoms with Gasteiger partial charge in [-0.05, 0) is 50.5 Å². The summed E-state index contributed by atoms with van der Waals surface area (Å²) in [5.41, 5.74) is -0.0256. The molecule has 1 saturated heterocycles. The van der Waals surface area contributed by atoms with Crippen molar-refractivity contribution in [2.45, 2.75) is 64.9 Å². The third kappa shape index (κ3) is 8.62. The third-order valence-electron chi connectivity index (χ3n) is 5.47. The van der Waals surface area contributed by atoms with Crippen molar-refractivity contribution in [1.82, 2.24) is 4.90 Å². The van der Waals surface area contributed by atoms with Crippen molar-refractivity contribution in [3.8, 4) is 5.75 Å². The van der Waals surface area contributed by atoms with E-state index in [0.717, 1.165) is 82.8 Å². The van der Waals surface area contributed by atoms with E-state index in [0.29, 0.717) is 13.2 Å². The van der Waals surface area contributed by atoms with Crippen LogP contribution in [0.25, 0.3) is 0 Å². The van der Waals surface area contributed by atoms with Crippen LogP contribution in [0.4, 0.5) is 5.69 Å². The first-order chi connectivity index (χ1) is 14.6. The maximum absolute atomic E-state index is 12.9. The van der Waals surface area contributed by atoms with Crippen LogP contribution in [0.2, 0.25) is 0 Å². The van der Waals surface area contributed by atoms with E-state index in [-0.39, 0.29) is 5.91 Å². The molecule has 0 unspecified atom stereocenters. The Morgan fingerprint density at radius 1 is 1.07 bits per heavy atom. The number of anilines is 1. The van der Waals surface area contributed by atoms with Crippen LogP contribution in [0, 0.1) is 0 Å². The van der Waals surface area contributed by atoms with Crippen molar-refractivity contribution >= 4 is 11.6 Å². The van der Waals surface area contributed by atoms with Crippen molar-refractivity contribution in [1.29, 1.82) is 0 Å². The number of carbonyl (C=O) groups is 1. The normalized spacial score (nSPS) is 16.8. The lowest BCUT2D eigenvalue weighted by atomic mass is 9.96. The van der Waals surface area contributed by atoms with Gasteiger partial charge in [0.25, 0.3) is 5.91 Å². The van der Waals surface area contributed by atoms with Crippen molar-refractivity contribution in [3.05, 3.63) is 24.3 Å². The summed E-state index contributed by atoms with van der Waals surface area (Å²) in [7, 11) is 0. The number of benzene rings is 1. The number of unbranched alkanes of at least 4 members (excludes halogenated alkanes) is 2. The Kier molecular flexibility index (Phi) is 11.2. The number of ether oxygens (including phenoxy) is 3. The maximum Gasteiger partial charge on any atom is 0.256 e. The number of amides is 1. The lowest BCUT2D eigenvalue weighted by Gasteiger charge is -2.28. The predicted octanol–water partition coefficient (Wildman–Crippen LogP) is 4.49. The summed E-state index contributed by atoms with van der Waals surface area (Å²) in [4.78, 5) is 15.3. The molecule has 1 aromatic carbocycles. The first kappa shape index (κ1) is 24.6. The highest BCUT2D eigenvalue weighted by Crippen LogP contribution is 2.23. The van der Waals surface area contributed by atoms with Crippen molar-refractivity contribution in [2.75, 3.05) is 51.4 Å². The zero-order valence-electron chi connectivity index (χ0n) is 19.1. The van der Waals surface area contributed by atoms with Gasteiger partial charge in [0.15, 0.2) is 0 Å². The Morgan fingerprint density at radius 3 is 2.47 bits per heavy atom. The van der Waals surface area contributed by atoms with Gasteiger partial charge in [-0.3, -0.25) is 9.69 Å². The van der Waals surface area contributed by atoms with E-state index >= 15 is 0 Å². The number of nitrogens with one attached hydrogen (secondary N) is 1. The largest absolute Gasteiger partial charge is 0.494 e. The van der Waals surface area contributed by atoms with Gasteiger partial charge in [-0.15, -0.1) is 0 Å². The van der Waals surface area contributed by atoms with Crippen LogP contribution in [0.15, 0.2) is 24.3 Å². The summed E-state index contributed by atoms with van der Waals surface area (Å²) in [5, 5.41) is 3.02. The van der Waals surface area contributed by atoms with Crippen LogP contribution < -0.4 is 10.1 Å². The highest BCUT2D eigenvalue weighted by molar-refractivity contribution is 5.97. The summed E-state index contributed by atoms with van der Waals surface area (Å²) < 4.78 is 17.2. The average Bonchev–Trinajstić information content (AvgIpc) is 2.77. The van der Waals surface area contributed by atoms with Gasteiger partial charge in [-0.1, -0.05) is 33.1 Å². The van der Waals surface area contributed by atoms with E-state index in [9.17, 15) is 4.79 Å². The molecule has 2 rings (SSSR count). The minimum atomic E-state index is -0.792. The van der Waals surface area contributed by atoms with Crippen molar-refractivity contribution in [2.24, 2.45) is 0 Å². The van der Waals surface area contributed by atoms with E-state index in [1.54, 1.807) is 0 Å². The van der Waals surface area contributed by atoms with Crippen LogP contribution >= 0.6 is 0 Å².